The first-order valence-corrected chi connectivity index (χ1v) is 8.20. The number of guanidine groups is 1. The molecule has 0 amide bonds. The zero-order chi connectivity index (χ0) is 16.1. The van der Waals surface area contributed by atoms with Crippen molar-refractivity contribution in [3.63, 3.8) is 0 Å². The molecule has 6 heteroatoms. The van der Waals surface area contributed by atoms with Crippen molar-refractivity contribution in [3.05, 3.63) is 0 Å². The number of rotatable bonds is 10. The molecule has 3 N–H and O–H groups in total. The van der Waals surface area contributed by atoms with E-state index in [2.05, 4.69) is 62.5 Å². The van der Waals surface area contributed by atoms with Crippen molar-refractivity contribution in [1.29, 1.82) is 0 Å². The Labute approximate surface area is 154 Å². The highest BCUT2D eigenvalue weighted by molar-refractivity contribution is 14.0. The highest BCUT2D eigenvalue weighted by Gasteiger charge is 2.07. The molecule has 0 unspecified atom stereocenters. The molecule has 0 rings (SSSR count). The number of hydrogen-bond acceptors (Lipinski definition) is 3. The Morgan fingerprint density at radius 2 is 1.77 bits per heavy atom. The lowest BCUT2D eigenvalue weighted by molar-refractivity contribution is 0.128. The predicted octanol–water partition coefficient (Wildman–Crippen LogP) is 2.61. The number of nitrogens with one attached hydrogen (secondary N) is 3. The van der Waals surface area contributed by atoms with Gasteiger partial charge >= 0.3 is 0 Å². The first kappa shape index (κ1) is 24.2. The van der Waals surface area contributed by atoms with Gasteiger partial charge in [-0.3, -0.25) is 4.99 Å². The summed E-state index contributed by atoms with van der Waals surface area (Å²) >= 11 is 0. The van der Waals surface area contributed by atoms with Gasteiger partial charge in [0.15, 0.2) is 5.96 Å². The van der Waals surface area contributed by atoms with Gasteiger partial charge in [-0.2, -0.15) is 0 Å². The molecule has 0 aliphatic heterocycles. The van der Waals surface area contributed by atoms with Crippen LogP contribution in [0.5, 0.6) is 0 Å². The fourth-order valence-electron chi connectivity index (χ4n) is 1.60. The van der Waals surface area contributed by atoms with Crippen molar-refractivity contribution < 1.29 is 4.74 Å². The summed E-state index contributed by atoms with van der Waals surface area (Å²) in [4.78, 5) is 4.54. The van der Waals surface area contributed by atoms with E-state index in [0.29, 0.717) is 5.92 Å². The number of aliphatic imine (C=N–C) groups is 1. The summed E-state index contributed by atoms with van der Waals surface area (Å²) in [6.07, 6.45) is 1.12. The van der Waals surface area contributed by atoms with Gasteiger partial charge in [0, 0.05) is 31.8 Å². The molecule has 0 aromatic heterocycles. The average Bonchev–Trinajstić information content (AvgIpc) is 2.37. The molecule has 0 fully saturated rings. The molecule has 134 valence electrons. The van der Waals surface area contributed by atoms with Crippen molar-refractivity contribution >= 4 is 29.9 Å². The molecule has 0 aromatic rings. The quantitative estimate of drug-likeness (QED) is 0.217. The second-order valence-electron chi connectivity index (χ2n) is 6.66. The SMILES string of the molecule is CCNC(=NCCNC(C)(C)C)NCCOCCC(C)C.I. The van der Waals surface area contributed by atoms with Crippen LogP contribution in [0.2, 0.25) is 0 Å². The van der Waals surface area contributed by atoms with Gasteiger partial charge in [-0.15, -0.1) is 24.0 Å². The average molecular weight is 428 g/mol. The molecule has 0 aliphatic rings. The molecule has 0 heterocycles. The maximum absolute atomic E-state index is 5.59. The normalized spacial score (nSPS) is 12.2. The Bertz CT molecular complexity index is 278. The van der Waals surface area contributed by atoms with Crippen molar-refractivity contribution in [2.45, 2.75) is 53.5 Å². The number of hydrogen-bond donors (Lipinski definition) is 3. The van der Waals surface area contributed by atoms with Gasteiger partial charge in [0.2, 0.25) is 0 Å². The predicted molar refractivity (Wildman–Crippen MR) is 107 cm³/mol. The molecular weight excluding hydrogens is 391 g/mol. The van der Waals surface area contributed by atoms with E-state index in [-0.39, 0.29) is 29.5 Å². The van der Waals surface area contributed by atoms with Crippen molar-refractivity contribution in [2.24, 2.45) is 10.9 Å². The lowest BCUT2D eigenvalue weighted by Gasteiger charge is -2.20. The van der Waals surface area contributed by atoms with Gasteiger partial charge in [0.25, 0.3) is 0 Å². The lowest BCUT2D eigenvalue weighted by Crippen LogP contribution is -2.41. The van der Waals surface area contributed by atoms with Crippen LogP contribution in [-0.2, 0) is 4.74 Å². The van der Waals surface area contributed by atoms with Crippen LogP contribution in [0.4, 0.5) is 0 Å². The van der Waals surface area contributed by atoms with Crippen LogP contribution in [0.3, 0.4) is 0 Å². The third-order valence-corrected chi connectivity index (χ3v) is 2.76. The summed E-state index contributed by atoms with van der Waals surface area (Å²) in [5, 5.41) is 9.96. The van der Waals surface area contributed by atoms with E-state index >= 15 is 0 Å². The summed E-state index contributed by atoms with van der Waals surface area (Å²) in [5.74, 6) is 1.56. The highest BCUT2D eigenvalue weighted by atomic mass is 127. The summed E-state index contributed by atoms with van der Waals surface area (Å²) in [6, 6.07) is 0. The maximum atomic E-state index is 5.59. The van der Waals surface area contributed by atoms with E-state index in [9.17, 15) is 0 Å². The molecule has 0 spiro atoms. The third-order valence-electron chi connectivity index (χ3n) is 2.76. The first-order valence-electron chi connectivity index (χ1n) is 8.20. The number of ether oxygens (including phenoxy) is 1. The molecule has 0 saturated heterocycles. The molecule has 0 aliphatic carbocycles. The Morgan fingerprint density at radius 1 is 1.09 bits per heavy atom. The molecular formula is C16H37IN4O. The van der Waals surface area contributed by atoms with Crippen LogP contribution in [0.1, 0.15) is 48.0 Å². The van der Waals surface area contributed by atoms with Crippen LogP contribution in [0, 0.1) is 5.92 Å². The molecule has 0 saturated carbocycles. The first-order chi connectivity index (χ1) is 9.85. The van der Waals surface area contributed by atoms with Gasteiger partial charge in [0.05, 0.1) is 13.2 Å². The van der Waals surface area contributed by atoms with E-state index in [1.807, 2.05) is 0 Å². The van der Waals surface area contributed by atoms with E-state index in [0.717, 1.165) is 51.8 Å². The van der Waals surface area contributed by atoms with Crippen LogP contribution >= 0.6 is 24.0 Å². The minimum atomic E-state index is 0. The summed E-state index contributed by atoms with van der Waals surface area (Å²) in [7, 11) is 0. The van der Waals surface area contributed by atoms with Gasteiger partial charge in [-0.1, -0.05) is 13.8 Å². The Balaban J connectivity index is 0. The Hall–Kier alpha value is -0.0800. The fraction of sp³-hybridized carbons (Fsp3) is 0.938. The molecule has 5 nitrogen and oxygen atoms in total. The van der Waals surface area contributed by atoms with E-state index in [4.69, 9.17) is 4.74 Å². The maximum Gasteiger partial charge on any atom is 0.191 e. The number of halogens is 1. The van der Waals surface area contributed by atoms with Crippen LogP contribution in [0.25, 0.3) is 0 Å². The van der Waals surface area contributed by atoms with Crippen molar-refractivity contribution in [2.75, 3.05) is 39.4 Å². The lowest BCUT2D eigenvalue weighted by atomic mass is 10.1. The standard InChI is InChI=1S/C16H36N4O.HI/c1-7-17-15(18-9-10-20-16(4,5)6)19-11-13-21-12-8-14(2)3;/h14,20H,7-13H2,1-6H3,(H2,17,18,19);1H. The van der Waals surface area contributed by atoms with Crippen LogP contribution < -0.4 is 16.0 Å². The largest absolute Gasteiger partial charge is 0.380 e. The molecule has 22 heavy (non-hydrogen) atoms. The second-order valence-corrected chi connectivity index (χ2v) is 6.66. The van der Waals surface area contributed by atoms with E-state index in [1.165, 1.54) is 0 Å². The van der Waals surface area contributed by atoms with Gasteiger partial charge in [-0.05, 0) is 40.0 Å². The highest BCUT2D eigenvalue weighted by Crippen LogP contribution is 1.98. The topological polar surface area (TPSA) is 57.7 Å². The fourth-order valence-corrected chi connectivity index (χ4v) is 1.60. The summed E-state index contributed by atoms with van der Waals surface area (Å²) in [6.45, 7) is 17.8. The third kappa shape index (κ3) is 18.0. The molecule has 0 radical (unpaired) electrons. The Morgan fingerprint density at radius 3 is 2.32 bits per heavy atom. The molecule has 0 atom stereocenters. The monoisotopic (exact) mass is 428 g/mol. The minimum absolute atomic E-state index is 0. The Kier molecular flexibility index (Phi) is 15.9. The van der Waals surface area contributed by atoms with E-state index in [1.54, 1.807) is 0 Å². The second kappa shape index (κ2) is 14.5. The summed E-state index contributed by atoms with van der Waals surface area (Å²) < 4.78 is 5.59. The van der Waals surface area contributed by atoms with Gasteiger partial charge in [-0.25, -0.2) is 0 Å². The van der Waals surface area contributed by atoms with Crippen LogP contribution in [0.15, 0.2) is 4.99 Å². The van der Waals surface area contributed by atoms with Crippen molar-refractivity contribution in [3.8, 4) is 0 Å². The van der Waals surface area contributed by atoms with E-state index < -0.39 is 0 Å². The smallest absolute Gasteiger partial charge is 0.191 e. The summed E-state index contributed by atoms with van der Waals surface area (Å²) in [5.41, 5.74) is 0.144. The zero-order valence-electron chi connectivity index (χ0n) is 15.3. The van der Waals surface area contributed by atoms with Gasteiger partial charge in [0.1, 0.15) is 0 Å². The number of nitrogens with zero attached hydrogens (tertiary/aromatic N) is 1. The molecule has 0 bridgehead atoms. The minimum Gasteiger partial charge on any atom is -0.380 e. The van der Waals surface area contributed by atoms with Crippen LogP contribution in [-0.4, -0.2) is 50.9 Å². The van der Waals surface area contributed by atoms with Crippen molar-refractivity contribution in [1.82, 2.24) is 16.0 Å². The molecule has 0 aromatic carbocycles. The van der Waals surface area contributed by atoms with Gasteiger partial charge < -0.3 is 20.7 Å². The zero-order valence-corrected chi connectivity index (χ0v) is 17.6.